The highest BCUT2D eigenvalue weighted by molar-refractivity contribution is 6.40. The highest BCUT2D eigenvalue weighted by Crippen LogP contribution is 2.19. The summed E-state index contributed by atoms with van der Waals surface area (Å²) < 4.78 is 0. The van der Waals surface area contributed by atoms with Crippen molar-refractivity contribution in [1.82, 2.24) is 14.9 Å². The number of aromatic nitrogens is 2. The van der Waals surface area contributed by atoms with Gasteiger partial charge in [0, 0.05) is 44.3 Å². The molecular weight excluding hydrogens is 378 g/mol. The topological polar surface area (TPSA) is 69.6 Å². The lowest BCUT2D eigenvalue weighted by molar-refractivity contribution is -0.144. The summed E-state index contributed by atoms with van der Waals surface area (Å²) >= 11 is 0. The maximum atomic E-state index is 13.2. The first-order chi connectivity index (χ1) is 14.7. The molecule has 1 saturated heterocycles. The lowest BCUT2D eigenvalue weighted by atomic mass is 10.2. The molecule has 0 unspecified atom stereocenters. The van der Waals surface area contributed by atoms with E-state index < -0.39 is 11.8 Å². The Morgan fingerprint density at radius 1 is 0.800 bits per heavy atom. The quantitative estimate of drug-likeness (QED) is 0.628. The van der Waals surface area contributed by atoms with Gasteiger partial charge in [0.15, 0.2) is 0 Å². The van der Waals surface area contributed by atoms with E-state index in [0.29, 0.717) is 44.4 Å². The van der Waals surface area contributed by atoms with Crippen LogP contribution < -0.4 is 9.80 Å². The molecule has 30 heavy (non-hydrogen) atoms. The van der Waals surface area contributed by atoms with Gasteiger partial charge in [-0.2, -0.15) is 0 Å². The van der Waals surface area contributed by atoms with Crippen LogP contribution in [-0.2, 0) is 16.1 Å². The van der Waals surface area contributed by atoms with Gasteiger partial charge in [-0.25, -0.2) is 9.97 Å². The molecule has 1 aliphatic rings. The van der Waals surface area contributed by atoms with Gasteiger partial charge in [0.05, 0.1) is 6.54 Å². The molecule has 0 radical (unpaired) electrons. The van der Waals surface area contributed by atoms with Crippen molar-refractivity contribution in [2.24, 2.45) is 0 Å². The molecule has 7 heteroatoms. The van der Waals surface area contributed by atoms with Crippen molar-refractivity contribution in [3.63, 3.8) is 0 Å². The van der Waals surface area contributed by atoms with Gasteiger partial charge in [-0.15, -0.1) is 0 Å². The molecule has 0 spiro atoms. The Morgan fingerprint density at radius 3 is 2.03 bits per heavy atom. The summed E-state index contributed by atoms with van der Waals surface area (Å²) in [5.41, 5.74) is 1.67. The minimum absolute atomic E-state index is 0.341. The van der Waals surface area contributed by atoms with Crippen LogP contribution in [0.3, 0.4) is 0 Å². The van der Waals surface area contributed by atoms with Crippen LogP contribution in [-0.4, -0.2) is 52.9 Å². The Bertz CT molecular complexity index is 974. The number of para-hydroxylation sites is 1. The normalized spacial score (nSPS) is 13.7. The maximum Gasteiger partial charge on any atom is 0.316 e. The number of carbonyl (C=O) groups excluding carboxylic acids is 2. The van der Waals surface area contributed by atoms with E-state index in [1.807, 2.05) is 65.6 Å². The molecule has 4 rings (SSSR count). The Labute approximate surface area is 175 Å². The van der Waals surface area contributed by atoms with Crippen molar-refractivity contribution in [3.8, 4) is 0 Å². The molecule has 7 nitrogen and oxygen atoms in total. The molecule has 0 bridgehead atoms. The van der Waals surface area contributed by atoms with Crippen molar-refractivity contribution in [2.75, 3.05) is 36.0 Å². The molecule has 0 aliphatic carbocycles. The second-order valence-electron chi connectivity index (χ2n) is 7.04. The summed E-state index contributed by atoms with van der Waals surface area (Å²) in [6.45, 7) is 2.43. The Kier molecular flexibility index (Phi) is 5.98. The maximum absolute atomic E-state index is 13.2. The molecular formula is C23H23N5O2. The molecule has 3 aromatic rings. The van der Waals surface area contributed by atoms with Crippen molar-refractivity contribution in [2.45, 2.75) is 6.54 Å². The predicted molar refractivity (Wildman–Crippen MR) is 115 cm³/mol. The van der Waals surface area contributed by atoms with E-state index in [1.54, 1.807) is 28.3 Å². The number of hydrogen-bond acceptors (Lipinski definition) is 5. The van der Waals surface area contributed by atoms with Gasteiger partial charge < -0.3 is 9.80 Å². The lowest BCUT2D eigenvalue weighted by Crippen LogP contribution is -2.53. The van der Waals surface area contributed by atoms with Gasteiger partial charge in [-0.3, -0.25) is 14.5 Å². The van der Waals surface area contributed by atoms with Crippen LogP contribution in [0.5, 0.6) is 0 Å². The number of piperazine rings is 1. The largest absolute Gasteiger partial charge is 0.337 e. The average Bonchev–Trinajstić information content (AvgIpc) is 2.83. The van der Waals surface area contributed by atoms with Gasteiger partial charge in [-0.1, -0.05) is 48.5 Å². The number of amides is 2. The Hall–Kier alpha value is -3.74. The smallest absolute Gasteiger partial charge is 0.316 e. The number of benzene rings is 2. The fraction of sp³-hybridized carbons (Fsp3) is 0.217. The van der Waals surface area contributed by atoms with Gasteiger partial charge >= 0.3 is 11.8 Å². The molecule has 0 atom stereocenters. The molecule has 1 aliphatic heterocycles. The van der Waals surface area contributed by atoms with E-state index in [0.717, 1.165) is 5.56 Å². The van der Waals surface area contributed by atoms with Crippen molar-refractivity contribution < 1.29 is 9.59 Å². The van der Waals surface area contributed by atoms with E-state index in [-0.39, 0.29) is 0 Å². The number of hydrogen-bond donors (Lipinski definition) is 0. The van der Waals surface area contributed by atoms with Crippen LogP contribution in [0.25, 0.3) is 0 Å². The predicted octanol–water partition coefficient (Wildman–Crippen LogP) is 2.36. The standard InChI is InChI=1S/C23H23N5O2/c29-21(26-14-16-27(17-15-26)23-24-12-7-13-25-23)22(30)28(20-10-5-2-6-11-20)18-19-8-3-1-4-9-19/h1-13H,14-18H2. The van der Waals surface area contributed by atoms with Crippen LogP contribution in [0, 0.1) is 0 Å². The first-order valence-corrected chi connectivity index (χ1v) is 9.94. The zero-order chi connectivity index (χ0) is 20.8. The summed E-state index contributed by atoms with van der Waals surface area (Å²) in [5.74, 6) is -0.358. The van der Waals surface area contributed by atoms with Crippen LogP contribution in [0.15, 0.2) is 79.1 Å². The van der Waals surface area contributed by atoms with E-state index in [4.69, 9.17) is 0 Å². The molecule has 152 valence electrons. The fourth-order valence-corrected chi connectivity index (χ4v) is 3.47. The van der Waals surface area contributed by atoms with Gasteiger partial charge in [-0.05, 0) is 23.8 Å². The third kappa shape index (κ3) is 4.46. The zero-order valence-corrected chi connectivity index (χ0v) is 16.6. The van der Waals surface area contributed by atoms with Gasteiger partial charge in [0.2, 0.25) is 5.95 Å². The van der Waals surface area contributed by atoms with Gasteiger partial charge in [0.1, 0.15) is 0 Å². The van der Waals surface area contributed by atoms with Crippen molar-refractivity contribution >= 4 is 23.5 Å². The van der Waals surface area contributed by atoms with Crippen LogP contribution in [0.1, 0.15) is 5.56 Å². The summed E-state index contributed by atoms with van der Waals surface area (Å²) in [4.78, 5) is 39.9. The van der Waals surface area contributed by atoms with Gasteiger partial charge in [0.25, 0.3) is 0 Å². The number of nitrogens with zero attached hydrogens (tertiary/aromatic N) is 5. The lowest BCUT2D eigenvalue weighted by Gasteiger charge is -2.35. The molecule has 0 saturated carbocycles. The highest BCUT2D eigenvalue weighted by atomic mass is 16.2. The molecule has 2 heterocycles. The molecule has 1 fully saturated rings. The fourth-order valence-electron chi connectivity index (χ4n) is 3.47. The second kappa shape index (κ2) is 9.17. The number of rotatable bonds is 4. The molecule has 1 aromatic heterocycles. The monoisotopic (exact) mass is 401 g/mol. The van der Waals surface area contributed by atoms with E-state index in [1.165, 1.54) is 0 Å². The Morgan fingerprint density at radius 2 is 1.40 bits per heavy atom. The van der Waals surface area contributed by atoms with Crippen molar-refractivity contribution in [3.05, 3.63) is 84.7 Å². The minimum Gasteiger partial charge on any atom is -0.337 e. The van der Waals surface area contributed by atoms with Crippen LogP contribution in [0.2, 0.25) is 0 Å². The van der Waals surface area contributed by atoms with E-state index >= 15 is 0 Å². The first-order valence-electron chi connectivity index (χ1n) is 9.94. The van der Waals surface area contributed by atoms with E-state index in [9.17, 15) is 9.59 Å². The number of anilines is 2. The number of carbonyl (C=O) groups is 2. The SMILES string of the molecule is O=C(C(=O)N(Cc1ccccc1)c1ccccc1)N1CCN(c2ncccn2)CC1. The third-order valence-corrected chi connectivity index (χ3v) is 5.08. The minimum atomic E-state index is -0.519. The average molecular weight is 401 g/mol. The van der Waals surface area contributed by atoms with E-state index in [2.05, 4.69) is 9.97 Å². The first kappa shape index (κ1) is 19.6. The third-order valence-electron chi connectivity index (χ3n) is 5.08. The Balaban J connectivity index is 1.47. The molecule has 0 N–H and O–H groups in total. The summed E-state index contributed by atoms with van der Waals surface area (Å²) in [5, 5.41) is 0. The summed E-state index contributed by atoms with van der Waals surface area (Å²) in [6.07, 6.45) is 3.40. The van der Waals surface area contributed by atoms with Crippen molar-refractivity contribution in [1.29, 1.82) is 0 Å². The highest BCUT2D eigenvalue weighted by Gasteiger charge is 2.31. The molecule has 2 amide bonds. The zero-order valence-electron chi connectivity index (χ0n) is 16.6. The summed E-state index contributed by atoms with van der Waals surface area (Å²) in [7, 11) is 0. The van der Waals surface area contributed by atoms with Crippen LogP contribution >= 0.6 is 0 Å². The summed E-state index contributed by atoms with van der Waals surface area (Å²) in [6, 6.07) is 20.8. The second-order valence-corrected chi connectivity index (χ2v) is 7.04. The molecule has 2 aromatic carbocycles. The van der Waals surface area contributed by atoms with Crippen LogP contribution in [0.4, 0.5) is 11.6 Å².